The number of piperidine rings is 1. The third kappa shape index (κ3) is 5.62. The molecule has 0 radical (unpaired) electrons. The predicted octanol–water partition coefficient (Wildman–Crippen LogP) is 5.30. The second kappa shape index (κ2) is 10.4. The van der Waals surface area contributed by atoms with E-state index in [1.165, 1.54) is 12.1 Å². The maximum atomic E-state index is 13.1. The molecule has 1 amide bonds. The summed E-state index contributed by atoms with van der Waals surface area (Å²) in [4.78, 5) is 15.0. The maximum absolute atomic E-state index is 13.1. The highest BCUT2D eigenvalue weighted by molar-refractivity contribution is 6.32. The first-order valence-electron chi connectivity index (χ1n) is 11.7. The highest BCUT2D eigenvalue weighted by Gasteiger charge is 2.33. The van der Waals surface area contributed by atoms with Crippen LogP contribution in [0.5, 0.6) is 17.2 Å². The molecule has 0 saturated carbocycles. The maximum Gasteiger partial charge on any atom is 0.265 e. The molecule has 8 heteroatoms. The van der Waals surface area contributed by atoms with Gasteiger partial charge in [-0.25, -0.2) is 4.39 Å². The van der Waals surface area contributed by atoms with E-state index in [-0.39, 0.29) is 17.8 Å². The fraction of sp³-hybridized carbons (Fsp3) is 0.296. The highest BCUT2D eigenvalue weighted by Crippen LogP contribution is 2.39. The molecule has 0 aliphatic carbocycles. The minimum absolute atomic E-state index is 0.0119. The Morgan fingerprint density at radius 2 is 1.83 bits per heavy atom. The van der Waals surface area contributed by atoms with Gasteiger partial charge in [-0.15, -0.1) is 0 Å². The van der Waals surface area contributed by atoms with E-state index in [1.807, 2.05) is 35.2 Å². The number of hydrogen-bond donors (Lipinski definition) is 1. The van der Waals surface area contributed by atoms with Crippen LogP contribution in [0.15, 0.2) is 66.7 Å². The van der Waals surface area contributed by atoms with Crippen LogP contribution in [0.2, 0.25) is 5.02 Å². The summed E-state index contributed by atoms with van der Waals surface area (Å²) >= 11 is 6.40. The van der Waals surface area contributed by atoms with Gasteiger partial charge in [0.2, 0.25) is 0 Å². The average molecular weight is 497 g/mol. The smallest absolute Gasteiger partial charge is 0.265 e. The summed E-state index contributed by atoms with van der Waals surface area (Å²) in [5, 5.41) is 3.73. The molecule has 3 aromatic carbocycles. The summed E-state index contributed by atoms with van der Waals surface area (Å²) in [6, 6.07) is 19.3. The van der Waals surface area contributed by atoms with Crippen LogP contribution in [0.25, 0.3) is 0 Å². The zero-order valence-electron chi connectivity index (χ0n) is 19.1. The second-order valence-electron chi connectivity index (χ2n) is 8.64. The zero-order chi connectivity index (χ0) is 24.2. The number of fused-ring (bicyclic) bond motifs is 1. The van der Waals surface area contributed by atoms with Crippen molar-refractivity contribution in [2.24, 2.45) is 0 Å². The number of benzene rings is 3. The number of anilines is 1. The Kier molecular flexibility index (Phi) is 6.95. The number of nitrogens with zero attached hydrogens (tertiary/aromatic N) is 1. The molecular weight excluding hydrogens is 471 g/mol. The molecule has 0 aromatic heterocycles. The number of amides is 1. The first-order valence-corrected chi connectivity index (χ1v) is 12.0. The van der Waals surface area contributed by atoms with Crippen LogP contribution in [0.3, 0.4) is 0 Å². The van der Waals surface area contributed by atoms with Crippen molar-refractivity contribution in [2.45, 2.75) is 31.7 Å². The third-order valence-corrected chi connectivity index (χ3v) is 6.46. The van der Waals surface area contributed by atoms with Crippen molar-refractivity contribution in [1.82, 2.24) is 4.90 Å². The van der Waals surface area contributed by atoms with Crippen molar-refractivity contribution in [1.29, 1.82) is 0 Å². The molecule has 2 aliphatic heterocycles. The molecule has 2 heterocycles. The molecule has 1 N–H and O–H groups in total. The van der Waals surface area contributed by atoms with Gasteiger partial charge in [-0.3, -0.25) is 4.79 Å². The normalized spacial score (nSPS) is 17.7. The van der Waals surface area contributed by atoms with E-state index >= 15 is 0 Å². The van der Waals surface area contributed by atoms with Gasteiger partial charge in [0, 0.05) is 32.0 Å². The van der Waals surface area contributed by atoms with Gasteiger partial charge in [0.05, 0.1) is 17.3 Å². The molecule has 1 saturated heterocycles. The Bertz CT molecular complexity index is 1170. The SMILES string of the molecule is O=C(C1CNc2cc(Cl)c(OCc3ccccc3)cc2O1)N1CCC(Oc2ccc(F)cc2)CC1. The van der Waals surface area contributed by atoms with Crippen LogP contribution >= 0.6 is 11.6 Å². The Balaban J connectivity index is 1.17. The number of hydrogen-bond acceptors (Lipinski definition) is 5. The monoisotopic (exact) mass is 496 g/mol. The molecule has 6 nitrogen and oxygen atoms in total. The van der Waals surface area contributed by atoms with Crippen LogP contribution in [0, 0.1) is 5.82 Å². The summed E-state index contributed by atoms with van der Waals surface area (Å²) in [5.41, 5.74) is 1.76. The minimum atomic E-state index is -0.639. The van der Waals surface area contributed by atoms with Gasteiger partial charge in [-0.1, -0.05) is 41.9 Å². The van der Waals surface area contributed by atoms with Crippen LogP contribution < -0.4 is 19.5 Å². The summed E-state index contributed by atoms with van der Waals surface area (Å²) < 4.78 is 31.0. The second-order valence-corrected chi connectivity index (χ2v) is 9.04. The number of rotatable bonds is 6. The van der Waals surface area contributed by atoms with Crippen LogP contribution in [-0.4, -0.2) is 42.6 Å². The van der Waals surface area contributed by atoms with Crippen LogP contribution in [-0.2, 0) is 11.4 Å². The van der Waals surface area contributed by atoms with Crippen molar-refractivity contribution >= 4 is 23.2 Å². The van der Waals surface area contributed by atoms with E-state index < -0.39 is 6.10 Å². The first-order chi connectivity index (χ1) is 17.0. The fourth-order valence-corrected chi connectivity index (χ4v) is 4.47. The van der Waals surface area contributed by atoms with Crippen molar-refractivity contribution in [3.05, 3.63) is 83.1 Å². The molecule has 35 heavy (non-hydrogen) atoms. The Morgan fingerprint density at radius 1 is 1.09 bits per heavy atom. The lowest BCUT2D eigenvalue weighted by molar-refractivity contribution is -0.140. The van der Waals surface area contributed by atoms with Gasteiger partial charge >= 0.3 is 0 Å². The van der Waals surface area contributed by atoms with Gasteiger partial charge in [-0.2, -0.15) is 0 Å². The Morgan fingerprint density at radius 3 is 2.57 bits per heavy atom. The van der Waals surface area contributed by atoms with Gasteiger partial charge in [0.1, 0.15) is 35.8 Å². The van der Waals surface area contributed by atoms with Crippen LogP contribution in [0.1, 0.15) is 18.4 Å². The molecule has 0 bridgehead atoms. The van der Waals surface area contributed by atoms with E-state index in [4.69, 9.17) is 25.8 Å². The highest BCUT2D eigenvalue weighted by atomic mass is 35.5. The molecular formula is C27H26ClFN2O4. The number of carbonyl (C=O) groups is 1. The average Bonchev–Trinajstić information content (AvgIpc) is 2.89. The topological polar surface area (TPSA) is 60.0 Å². The molecule has 5 rings (SSSR count). The lowest BCUT2D eigenvalue weighted by Gasteiger charge is -2.36. The molecule has 1 fully saturated rings. The van der Waals surface area contributed by atoms with E-state index in [9.17, 15) is 9.18 Å². The fourth-order valence-electron chi connectivity index (χ4n) is 4.25. The van der Waals surface area contributed by atoms with Crippen molar-refractivity contribution in [2.75, 3.05) is 25.0 Å². The summed E-state index contributed by atoms with van der Waals surface area (Å²) in [6.07, 6.45) is 0.752. The standard InChI is InChI=1S/C27H26ClFN2O4/c28-22-14-23-25(15-24(22)33-17-18-4-2-1-3-5-18)35-26(16-30-23)27(32)31-12-10-21(11-13-31)34-20-8-6-19(29)7-9-20/h1-9,14-15,21,26,30H,10-13,16-17H2. The van der Waals surface area contributed by atoms with Crippen molar-refractivity contribution < 1.29 is 23.4 Å². The lowest BCUT2D eigenvalue weighted by atomic mass is 10.1. The van der Waals surface area contributed by atoms with Gasteiger partial charge < -0.3 is 24.4 Å². The zero-order valence-corrected chi connectivity index (χ0v) is 19.8. The van der Waals surface area contributed by atoms with E-state index in [2.05, 4.69) is 5.32 Å². The van der Waals surface area contributed by atoms with Gasteiger partial charge in [0.25, 0.3) is 5.91 Å². The van der Waals surface area contributed by atoms with Gasteiger partial charge in [-0.05, 0) is 35.9 Å². The van der Waals surface area contributed by atoms with Crippen molar-refractivity contribution in [3.8, 4) is 17.2 Å². The summed E-state index contributed by atoms with van der Waals surface area (Å²) in [5.74, 6) is 1.32. The number of nitrogens with one attached hydrogen (secondary N) is 1. The summed E-state index contributed by atoms with van der Waals surface area (Å²) in [7, 11) is 0. The van der Waals surface area contributed by atoms with Crippen LogP contribution in [0.4, 0.5) is 10.1 Å². The molecule has 1 unspecified atom stereocenters. The third-order valence-electron chi connectivity index (χ3n) is 6.16. The number of halogens is 2. The minimum Gasteiger partial charge on any atom is -0.490 e. The number of likely N-dealkylation sites (tertiary alicyclic amines) is 1. The molecule has 0 spiro atoms. The lowest BCUT2D eigenvalue weighted by Crippen LogP contribution is -2.50. The predicted molar refractivity (Wildman–Crippen MR) is 132 cm³/mol. The molecule has 1 atom stereocenters. The number of carbonyl (C=O) groups excluding carboxylic acids is 1. The van der Waals surface area contributed by atoms with Crippen molar-refractivity contribution in [3.63, 3.8) is 0 Å². The molecule has 2 aliphatic rings. The quantitative estimate of drug-likeness (QED) is 0.502. The first kappa shape index (κ1) is 23.3. The Labute approximate surface area is 208 Å². The molecule has 182 valence electrons. The Hall–Kier alpha value is -3.45. The summed E-state index contributed by atoms with van der Waals surface area (Å²) in [6.45, 7) is 1.88. The number of ether oxygens (including phenoxy) is 3. The van der Waals surface area contributed by atoms with E-state index in [0.29, 0.717) is 61.4 Å². The van der Waals surface area contributed by atoms with E-state index in [0.717, 1.165) is 11.3 Å². The largest absolute Gasteiger partial charge is 0.490 e. The molecule has 3 aromatic rings. The van der Waals surface area contributed by atoms with Gasteiger partial charge in [0.15, 0.2) is 6.10 Å². The van der Waals surface area contributed by atoms with E-state index in [1.54, 1.807) is 24.3 Å².